The van der Waals surface area contributed by atoms with Crippen LogP contribution in [0, 0.1) is 16.0 Å². The summed E-state index contributed by atoms with van der Waals surface area (Å²) >= 11 is 0. The van der Waals surface area contributed by atoms with Crippen molar-refractivity contribution in [2.45, 2.75) is 12.8 Å². The van der Waals surface area contributed by atoms with Gasteiger partial charge in [-0.25, -0.2) is 0 Å². The van der Waals surface area contributed by atoms with Gasteiger partial charge in [-0.05, 0) is 17.7 Å². The number of benzene rings is 1. The molecule has 0 unspecified atom stereocenters. The monoisotopic (exact) mass is 251 g/mol. The van der Waals surface area contributed by atoms with Gasteiger partial charge in [0.1, 0.15) is 6.29 Å². The number of aldehydes is 1. The fraction of sp³-hybridized carbons (Fsp3) is 0.417. The number of ether oxygens (including phenoxy) is 2. The molecule has 18 heavy (non-hydrogen) atoms. The zero-order valence-electron chi connectivity index (χ0n) is 9.87. The number of hydrogen-bond donors (Lipinski definition) is 0. The highest BCUT2D eigenvalue weighted by atomic mass is 16.7. The first kappa shape index (κ1) is 12.3. The van der Waals surface area contributed by atoms with Crippen molar-refractivity contribution in [2.75, 3.05) is 13.3 Å². The number of nitrogens with zero attached hydrogens (tertiary/aromatic N) is 1. The topological polar surface area (TPSA) is 78.7 Å². The van der Waals surface area contributed by atoms with Crippen molar-refractivity contribution in [3.05, 3.63) is 33.9 Å². The Kier molecular flexibility index (Phi) is 3.45. The minimum Gasteiger partial charge on any atom is -0.454 e. The van der Waals surface area contributed by atoms with Gasteiger partial charge in [0.2, 0.25) is 13.3 Å². The number of carbonyl (C=O) groups is 1. The van der Waals surface area contributed by atoms with E-state index in [2.05, 4.69) is 0 Å². The van der Waals surface area contributed by atoms with E-state index in [0.29, 0.717) is 11.5 Å². The number of nitro groups is 1. The van der Waals surface area contributed by atoms with Crippen LogP contribution in [-0.2, 0) is 4.79 Å². The third kappa shape index (κ3) is 2.42. The van der Waals surface area contributed by atoms with E-state index >= 15 is 0 Å². The molecular formula is C12H13NO5. The lowest BCUT2D eigenvalue weighted by Crippen LogP contribution is -2.20. The summed E-state index contributed by atoms with van der Waals surface area (Å²) in [7, 11) is 0. The predicted molar refractivity (Wildman–Crippen MR) is 62.4 cm³/mol. The molecule has 6 nitrogen and oxygen atoms in total. The Bertz CT molecular complexity index is 474. The molecule has 0 aromatic heterocycles. The van der Waals surface area contributed by atoms with Crippen LogP contribution in [0.5, 0.6) is 11.5 Å². The van der Waals surface area contributed by atoms with E-state index in [-0.39, 0.29) is 13.3 Å². The van der Waals surface area contributed by atoms with Gasteiger partial charge < -0.3 is 14.3 Å². The second-order valence-electron chi connectivity index (χ2n) is 4.23. The van der Waals surface area contributed by atoms with Crippen molar-refractivity contribution in [2.24, 2.45) is 5.92 Å². The molecule has 1 aliphatic rings. The normalized spacial score (nSPS) is 16.1. The van der Waals surface area contributed by atoms with E-state index in [1.807, 2.05) is 0 Å². The van der Waals surface area contributed by atoms with Gasteiger partial charge in [0.15, 0.2) is 11.5 Å². The number of hydrogen-bond acceptors (Lipinski definition) is 5. The first-order valence-corrected chi connectivity index (χ1v) is 5.58. The van der Waals surface area contributed by atoms with Crippen molar-refractivity contribution >= 4 is 6.29 Å². The molecule has 0 fully saturated rings. The van der Waals surface area contributed by atoms with Crippen molar-refractivity contribution in [1.29, 1.82) is 0 Å². The molecule has 0 aliphatic carbocycles. The molecule has 0 bridgehead atoms. The quantitative estimate of drug-likeness (QED) is 0.451. The molecule has 0 radical (unpaired) electrons. The Morgan fingerprint density at radius 1 is 1.44 bits per heavy atom. The molecule has 1 aromatic rings. The zero-order valence-corrected chi connectivity index (χ0v) is 9.87. The Balaban J connectivity index is 2.29. The van der Waals surface area contributed by atoms with Gasteiger partial charge in [0.05, 0.1) is 5.92 Å². The second-order valence-corrected chi connectivity index (χ2v) is 4.23. The van der Waals surface area contributed by atoms with Crippen molar-refractivity contribution in [1.82, 2.24) is 0 Å². The smallest absolute Gasteiger partial charge is 0.231 e. The van der Waals surface area contributed by atoms with Crippen LogP contribution in [0.25, 0.3) is 0 Å². The molecule has 96 valence electrons. The van der Waals surface area contributed by atoms with Gasteiger partial charge in [-0.15, -0.1) is 0 Å². The summed E-state index contributed by atoms with van der Waals surface area (Å²) < 4.78 is 10.4. The average Bonchev–Trinajstić information content (AvgIpc) is 2.81. The Morgan fingerprint density at radius 3 is 2.83 bits per heavy atom. The SMILES string of the molecule is C[C@@H](C=O)[C@H](C[N+](=O)[O-])c1ccc2c(c1)OCO2. The fourth-order valence-corrected chi connectivity index (χ4v) is 1.97. The molecule has 1 aromatic carbocycles. The lowest BCUT2D eigenvalue weighted by molar-refractivity contribution is -0.484. The highest BCUT2D eigenvalue weighted by Gasteiger charge is 2.26. The maximum absolute atomic E-state index is 10.9. The zero-order chi connectivity index (χ0) is 13.1. The van der Waals surface area contributed by atoms with Crippen LogP contribution in [0.2, 0.25) is 0 Å². The molecule has 0 N–H and O–H groups in total. The van der Waals surface area contributed by atoms with Gasteiger partial charge in [-0.3, -0.25) is 10.1 Å². The van der Waals surface area contributed by atoms with Crippen LogP contribution in [0.1, 0.15) is 18.4 Å². The molecule has 1 heterocycles. The van der Waals surface area contributed by atoms with Crippen LogP contribution >= 0.6 is 0 Å². The molecule has 2 atom stereocenters. The highest BCUT2D eigenvalue weighted by Crippen LogP contribution is 2.36. The minimum absolute atomic E-state index is 0.155. The summed E-state index contributed by atoms with van der Waals surface area (Å²) in [5.41, 5.74) is 0.718. The van der Waals surface area contributed by atoms with E-state index in [1.54, 1.807) is 25.1 Å². The molecule has 0 amide bonds. The number of carbonyl (C=O) groups excluding carboxylic acids is 1. The maximum Gasteiger partial charge on any atom is 0.231 e. The van der Waals surface area contributed by atoms with E-state index in [4.69, 9.17) is 9.47 Å². The van der Waals surface area contributed by atoms with Crippen molar-refractivity contribution in [3.63, 3.8) is 0 Å². The van der Waals surface area contributed by atoms with Gasteiger partial charge >= 0.3 is 0 Å². The van der Waals surface area contributed by atoms with E-state index in [0.717, 1.165) is 11.8 Å². The summed E-state index contributed by atoms with van der Waals surface area (Å²) in [4.78, 5) is 21.1. The molecule has 2 rings (SSSR count). The number of rotatable bonds is 5. The minimum atomic E-state index is -0.452. The third-order valence-electron chi connectivity index (χ3n) is 3.02. The fourth-order valence-electron chi connectivity index (χ4n) is 1.97. The van der Waals surface area contributed by atoms with Crippen molar-refractivity contribution in [3.8, 4) is 11.5 Å². The van der Waals surface area contributed by atoms with Crippen LogP contribution < -0.4 is 9.47 Å². The van der Waals surface area contributed by atoms with Gasteiger partial charge in [-0.2, -0.15) is 0 Å². The lowest BCUT2D eigenvalue weighted by atomic mass is 9.88. The summed E-state index contributed by atoms with van der Waals surface area (Å²) in [5.74, 6) is 0.319. The Hall–Kier alpha value is -2.11. The molecule has 0 saturated carbocycles. The van der Waals surface area contributed by atoms with Crippen LogP contribution in [0.4, 0.5) is 0 Å². The van der Waals surface area contributed by atoms with Gasteiger partial charge in [0, 0.05) is 10.8 Å². The Morgan fingerprint density at radius 2 is 2.17 bits per heavy atom. The van der Waals surface area contributed by atoms with Crippen LogP contribution in [-0.4, -0.2) is 24.5 Å². The summed E-state index contributed by atoms with van der Waals surface area (Å²) in [6.07, 6.45) is 0.735. The molecule has 6 heteroatoms. The maximum atomic E-state index is 10.9. The molecule has 0 saturated heterocycles. The van der Waals surface area contributed by atoms with Crippen LogP contribution in [0.3, 0.4) is 0 Å². The van der Waals surface area contributed by atoms with Crippen molar-refractivity contribution < 1.29 is 19.2 Å². The first-order chi connectivity index (χ1) is 8.61. The summed E-state index contributed by atoms with van der Waals surface area (Å²) in [5, 5.41) is 10.7. The standard InChI is InChI=1S/C12H13NO5/c1-8(6-14)10(5-13(15)16)9-2-3-11-12(4-9)18-7-17-11/h2-4,6,8,10H,5,7H2,1H3/t8-,10-/m0/s1. The average molecular weight is 251 g/mol. The summed E-state index contributed by atoms with van der Waals surface area (Å²) in [6.45, 7) is 1.55. The second kappa shape index (κ2) is 5.03. The summed E-state index contributed by atoms with van der Waals surface area (Å²) in [6, 6.07) is 5.15. The van der Waals surface area contributed by atoms with Gasteiger partial charge in [0.25, 0.3) is 0 Å². The third-order valence-corrected chi connectivity index (χ3v) is 3.02. The lowest BCUT2D eigenvalue weighted by Gasteiger charge is -2.16. The molecule has 0 spiro atoms. The molecule has 1 aliphatic heterocycles. The first-order valence-electron chi connectivity index (χ1n) is 5.58. The van der Waals surface area contributed by atoms with Crippen LogP contribution in [0.15, 0.2) is 18.2 Å². The van der Waals surface area contributed by atoms with Gasteiger partial charge in [-0.1, -0.05) is 13.0 Å². The molecular weight excluding hydrogens is 238 g/mol. The van der Waals surface area contributed by atoms with E-state index in [9.17, 15) is 14.9 Å². The number of fused-ring (bicyclic) bond motifs is 1. The van der Waals surface area contributed by atoms with E-state index < -0.39 is 16.8 Å². The Labute approximate surface area is 104 Å². The van der Waals surface area contributed by atoms with E-state index in [1.165, 1.54) is 0 Å². The highest BCUT2D eigenvalue weighted by molar-refractivity contribution is 5.56. The predicted octanol–water partition coefficient (Wildman–Crippen LogP) is 1.61. The largest absolute Gasteiger partial charge is 0.454 e.